The predicted molar refractivity (Wildman–Crippen MR) is 66.8 cm³/mol. The maximum absolute atomic E-state index is 11.9. The van der Waals surface area contributed by atoms with Gasteiger partial charge in [-0.2, -0.15) is 0 Å². The van der Waals surface area contributed by atoms with Crippen LogP contribution in [0, 0.1) is 6.92 Å². The van der Waals surface area contributed by atoms with Crippen LogP contribution in [0.5, 0.6) is 11.8 Å². The molecule has 20 heavy (non-hydrogen) atoms. The molecule has 0 bridgehead atoms. The molecule has 0 aliphatic carbocycles. The largest absolute Gasteiger partial charge is 0.492 e. The summed E-state index contributed by atoms with van der Waals surface area (Å²) in [5, 5.41) is 27.6. The van der Waals surface area contributed by atoms with Crippen LogP contribution in [-0.2, 0) is 0 Å². The van der Waals surface area contributed by atoms with Gasteiger partial charge in [-0.15, -0.1) is 4.73 Å². The Morgan fingerprint density at radius 3 is 2.20 bits per heavy atom. The Labute approximate surface area is 113 Å². The first-order valence-electron chi connectivity index (χ1n) is 5.56. The van der Waals surface area contributed by atoms with Crippen LogP contribution >= 0.6 is 0 Å². The van der Waals surface area contributed by atoms with Crippen molar-refractivity contribution in [3.05, 3.63) is 47.0 Å². The van der Waals surface area contributed by atoms with Crippen molar-refractivity contribution >= 4 is 11.9 Å². The Kier molecular flexibility index (Phi) is 3.34. The summed E-state index contributed by atoms with van der Waals surface area (Å²) in [4.78, 5) is 27.5. The van der Waals surface area contributed by atoms with E-state index in [0.717, 1.165) is 12.1 Å². The van der Waals surface area contributed by atoms with Crippen LogP contribution in [0.15, 0.2) is 30.3 Å². The summed E-state index contributed by atoms with van der Waals surface area (Å²) in [6.45, 7) is 1.55. The molecular weight excluding hydrogens is 266 g/mol. The minimum absolute atomic E-state index is 0.0470. The Balaban J connectivity index is 2.28. The summed E-state index contributed by atoms with van der Waals surface area (Å²) in [5.74, 6) is -2.80. The number of carbonyl (C=O) groups excluding carboxylic acids is 1. The summed E-state index contributed by atoms with van der Waals surface area (Å²) in [6, 6.07) is 6.21. The molecule has 0 aliphatic heterocycles. The van der Waals surface area contributed by atoms with Gasteiger partial charge in [-0.3, -0.25) is 0 Å². The highest BCUT2D eigenvalue weighted by Crippen LogP contribution is 2.20. The first kappa shape index (κ1) is 13.5. The first-order chi connectivity index (χ1) is 9.40. The molecule has 104 valence electrons. The lowest BCUT2D eigenvalue weighted by Gasteiger charge is -2.09. The van der Waals surface area contributed by atoms with E-state index in [0.29, 0.717) is 10.3 Å². The number of benzene rings is 1. The minimum atomic E-state index is -1.10. The lowest BCUT2D eigenvalue weighted by Crippen LogP contribution is -2.20. The van der Waals surface area contributed by atoms with Crippen molar-refractivity contribution < 1.29 is 29.7 Å². The SMILES string of the molecule is Cc1cc(C(=O)O)ccc1C(=O)On1c(O)ccc1O. The van der Waals surface area contributed by atoms with Crippen molar-refractivity contribution in [2.24, 2.45) is 0 Å². The molecule has 0 aliphatic rings. The maximum atomic E-state index is 11.9. The summed E-state index contributed by atoms with van der Waals surface area (Å²) in [7, 11) is 0. The second-order valence-electron chi connectivity index (χ2n) is 4.06. The van der Waals surface area contributed by atoms with Gasteiger partial charge >= 0.3 is 11.9 Å². The summed E-state index contributed by atoms with van der Waals surface area (Å²) in [6.07, 6.45) is 0. The molecule has 0 radical (unpaired) electrons. The Hall–Kier alpha value is -2.96. The lowest BCUT2D eigenvalue weighted by molar-refractivity contribution is 0.0380. The third-order valence-corrected chi connectivity index (χ3v) is 2.67. The van der Waals surface area contributed by atoms with Gasteiger partial charge in [0.2, 0.25) is 11.8 Å². The number of carboxylic acids is 1. The summed E-state index contributed by atoms with van der Waals surface area (Å²) >= 11 is 0. The van der Waals surface area contributed by atoms with Crippen LogP contribution in [0.4, 0.5) is 0 Å². The number of carbonyl (C=O) groups is 2. The molecule has 7 nitrogen and oxygen atoms in total. The number of aromatic nitrogens is 1. The highest BCUT2D eigenvalue weighted by atomic mass is 16.7. The molecule has 1 aromatic heterocycles. The number of hydrogen-bond donors (Lipinski definition) is 3. The second kappa shape index (κ2) is 4.96. The average molecular weight is 277 g/mol. The molecule has 0 unspecified atom stereocenters. The summed E-state index contributed by atoms with van der Waals surface area (Å²) < 4.78 is 0.562. The van der Waals surface area contributed by atoms with Gasteiger partial charge in [0.15, 0.2) is 0 Å². The van der Waals surface area contributed by atoms with E-state index in [2.05, 4.69) is 0 Å². The molecule has 7 heteroatoms. The molecule has 0 saturated heterocycles. The minimum Gasteiger partial charge on any atom is -0.492 e. The Morgan fingerprint density at radius 2 is 1.70 bits per heavy atom. The second-order valence-corrected chi connectivity index (χ2v) is 4.06. The van der Waals surface area contributed by atoms with Gasteiger partial charge in [-0.1, -0.05) is 0 Å². The van der Waals surface area contributed by atoms with Crippen molar-refractivity contribution in [3.63, 3.8) is 0 Å². The van der Waals surface area contributed by atoms with Gasteiger partial charge < -0.3 is 20.2 Å². The van der Waals surface area contributed by atoms with Crippen LogP contribution in [0.1, 0.15) is 26.3 Å². The third-order valence-electron chi connectivity index (χ3n) is 2.67. The van der Waals surface area contributed by atoms with E-state index in [4.69, 9.17) is 9.94 Å². The van der Waals surface area contributed by atoms with E-state index in [-0.39, 0.29) is 11.1 Å². The van der Waals surface area contributed by atoms with E-state index in [1.807, 2.05) is 0 Å². The zero-order valence-corrected chi connectivity index (χ0v) is 10.4. The number of rotatable bonds is 3. The van der Waals surface area contributed by atoms with Crippen molar-refractivity contribution in [1.29, 1.82) is 0 Å². The number of nitrogens with zero attached hydrogens (tertiary/aromatic N) is 1. The number of aromatic hydroxyl groups is 2. The van der Waals surface area contributed by atoms with Crippen molar-refractivity contribution in [3.8, 4) is 11.8 Å². The predicted octanol–water partition coefficient (Wildman–Crippen LogP) is 1.17. The molecule has 0 atom stereocenters. The lowest BCUT2D eigenvalue weighted by atomic mass is 10.1. The molecule has 2 rings (SSSR count). The Bertz CT molecular complexity index is 669. The van der Waals surface area contributed by atoms with Crippen LogP contribution in [0.25, 0.3) is 0 Å². The van der Waals surface area contributed by atoms with Gasteiger partial charge in [0.05, 0.1) is 11.1 Å². The van der Waals surface area contributed by atoms with E-state index < -0.39 is 23.7 Å². The standard InChI is InChI=1S/C13H11NO6/c1-7-6-8(12(17)18)2-3-9(7)13(19)20-14-10(15)4-5-11(14)16/h2-6,15-16H,1H3,(H,17,18). The summed E-state index contributed by atoms with van der Waals surface area (Å²) in [5.41, 5.74) is 0.578. The highest BCUT2D eigenvalue weighted by molar-refractivity contribution is 5.94. The molecule has 0 spiro atoms. The number of aryl methyl sites for hydroxylation is 1. The topological polar surface area (TPSA) is 109 Å². The number of carboxylic acid groups (broad SMARTS) is 1. The number of aromatic carboxylic acids is 1. The van der Waals surface area contributed by atoms with Crippen molar-refractivity contribution in [1.82, 2.24) is 4.73 Å². The van der Waals surface area contributed by atoms with E-state index in [1.165, 1.54) is 18.2 Å². The first-order valence-corrected chi connectivity index (χ1v) is 5.56. The van der Waals surface area contributed by atoms with Gasteiger partial charge in [0.1, 0.15) is 0 Å². The molecule has 0 saturated carbocycles. The fourth-order valence-electron chi connectivity index (χ4n) is 1.65. The highest BCUT2D eigenvalue weighted by Gasteiger charge is 2.17. The molecule has 1 aromatic carbocycles. The van der Waals surface area contributed by atoms with Gasteiger partial charge in [0.25, 0.3) is 0 Å². The maximum Gasteiger partial charge on any atom is 0.364 e. The molecule has 2 aromatic rings. The quantitative estimate of drug-likeness (QED) is 0.777. The van der Waals surface area contributed by atoms with Gasteiger partial charge in [-0.05, 0) is 30.7 Å². The van der Waals surface area contributed by atoms with Crippen LogP contribution in [0.2, 0.25) is 0 Å². The fourth-order valence-corrected chi connectivity index (χ4v) is 1.65. The smallest absolute Gasteiger partial charge is 0.364 e. The number of hydrogen-bond acceptors (Lipinski definition) is 5. The zero-order valence-electron chi connectivity index (χ0n) is 10.4. The van der Waals surface area contributed by atoms with Crippen LogP contribution in [-0.4, -0.2) is 32.0 Å². The normalized spacial score (nSPS) is 10.2. The Morgan fingerprint density at radius 1 is 1.10 bits per heavy atom. The fraction of sp³-hybridized carbons (Fsp3) is 0.0769. The van der Waals surface area contributed by atoms with Gasteiger partial charge in [0, 0.05) is 12.1 Å². The van der Waals surface area contributed by atoms with E-state index >= 15 is 0 Å². The monoisotopic (exact) mass is 277 g/mol. The van der Waals surface area contributed by atoms with E-state index in [1.54, 1.807) is 6.92 Å². The van der Waals surface area contributed by atoms with Crippen LogP contribution < -0.4 is 4.84 Å². The van der Waals surface area contributed by atoms with Crippen molar-refractivity contribution in [2.45, 2.75) is 6.92 Å². The molecule has 3 N–H and O–H groups in total. The molecular formula is C13H11NO6. The molecule has 0 amide bonds. The average Bonchev–Trinajstić information content (AvgIpc) is 2.70. The van der Waals surface area contributed by atoms with Crippen molar-refractivity contribution in [2.75, 3.05) is 0 Å². The van der Waals surface area contributed by atoms with E-state index in [9.17, 15) is 19.8 Å². The molecule has 0 fully saturated rings. The zero-order chi connectivity index (χ0) is 14.9. The van der Waals surface area contributed by atoms with Gasteiger partial charge in [-0.25, -0.2) is 9.59 Å². The van der Waals surface area contributed by atoms with Crippen LogP contribution in [0.3, 0.4) is 0 Å². The third kappa shape index (κ3) is 2.41. The molecule has 1 heterocycles.